The number of benzene rings is 1. The molecule has 0 spiro atoms. The van der Waals surface area contributed by atoms with E-state index in [1.54, 1.807) is 0 Å². The number of aliphatic hydroxyl groups is 1. The maximum Gasteiger partial charge on any atom is 0.0723 e. The maximum absolute atomic E-state index is 11.1. The van der Waals surface area contributed by atoms with Gasteiger partial charge in [0.05, 0.1) is 5.60 Å². The van der Waals surface area contributed by atoms with Gasteiger partial charge in [-0.3, -0.25) is 0 Å². The van der Waals surface area contributed by atoms with E-state index in [2.05, 4.69) is 30.1 Å². The molecule has 0 saturated carbocycles. The van der Waals surface area contributed by atoms with Gasteiger partial charge in [0, 0.05) is 43.7 Å². The third kappa shape index (κ3) is 4.19. The lowest BCUT2D eigenvalue weighted by molar-refractivity contribution is -0.00821. The van der Waals surface area contributed by atoms with Crippen molar-refractivity contribution in [3.05, 3.63) is 34.9 Å². The van der Waals surface area contributed by atoms with Crippen LogP contribution in [0, 0.1) is 0 Å². The molecule has 1 heterocycles. The van der Waals surface area contributed by atoms with Crippen molar-refractivity contribution in [1.29, 1.82) is 0 Å². The molecule has 118 valence electrons. The molecule has 0 aromatic heterocycles. The first-order valence-electron chi connectivity index (χ1n) is 8.00. The van der Waals surface area contributed by atoms with E-state index in [1.165, 1.54) is 0 Å². The summed E-state index contributed by atoms with van der Waals surface area (Å²) in [4.78, 5) is 2.44. The first kappa shape index (κ1) is 16.8. The third-order valence-electron chi connectivity index (χ3n) is 4.77. The molecule has 2 rings (SSSR count). The van der Waals surface area contributed by atoms with Crippen LogP contribution in [0.1, 0.15) is 38.2 Å². The Kier molecular flexibility index (Phi) is 6.06. The highest BCUT2D eigenvalue weighted by atomic mass is 35.5. The summed E-state index contributed by atoms with van der Waals surface area (Å²) in [5.41, 5.74) is 0.475. The van der Waals surface area contributed by atoms with Gasteiger partial charge in [-0.15, -0.1) is 0 Å². The second-order valence-electron chi connectivity index (χ2n) is 5.97. The normalized spacial score (nSPS) is 18.7. The maximum atomic E-state index is 11.1. The highest BCUT2D eigenvalue weighted by molar-refractivity contribution is 6.30. The van der Waals surface area contributed by atoms with E-state index in [-0.39, 0.29) is 5.92 Å². The zero-order valence-electron chi connectivity index (χ0n) is 13.1. The quantitative estimate of drug-likeness (QED) is 0.848. The van der Waals surface area contributed by atoms with Crippen LogP contribution in [0.15, 0.2) is 24.3 Å². The molecule has 0 amide bonds. The molecule has 1 aliphatic rings. The highest BCUT2D eigenvalue weighted by Gasteiger charge is 2.35. The lowest BCUT2D eigenvalue weighted by Crippen LogP contribution is -2.48. The van der Waals surface area contributed by atoms with Gasteiger partial charge in [0.1, 0.15) is 0 Å². The molecule has 1 aromatic rings. The number of halogens is 1. The average molecular weight is 311 g/mol. The second kappa shape index (κ2) is 7.59. The summed E-state index contributed by atoms with van der Waals surface area (Å²) in [6, 6.07) is 7.97. The number of piperazine rings is 1. The monoisotopic (exact) mass is 310 g/mol. The fourth-order valence-electron chi connectivity index (χ4n) is 3.20. The molecule has 21 heavy (non-hydrogen) atoms. The van der Waals surface area contributed by atoms with Crippen LogP contribution < -0.4 is 5.32 Å². The van der Waals surface area contributed by atoms with Gasteiger partial charge in [0.2, 0.25) is 0 Å². The Morgan fingerprint density at radius 2 is 1.95 bits per heavy atom. The first-order chi connectivity index (χ1) is 10.1. The Morgan fingerprint density at radius 3 is 2.52 bits per heavy atom. The van der Waals surface area contributed by atoms with Crippen molar-refractivity contribution in [1.82, 2.24) is 10.2 Å². The molecule has 1 aromatic carbocycles. The zero-order valence-corrected chi connectivity index (χ0v) is 13.9. The van der Waals surface area contributed by atoms with Crippen molar-refractivity contribution in [3.63, 3.8) is 0 Å². The minimum atomic E-state index is -0.671. The summed E-state index contributed by atoms with van der Waals surface area (Å²) >= 11 is 6.16. The van der Waals surface area contributed by atoms with Crippen LogP contribution in [0.4, 0.5) is 0 Å². The molecule has 2 N–H and O–H groups in total. The fraction of sp³-hybridized carbons (Fsp3) is 0.647. The van der Waals surface area contributed by atoms with Crippen LogP contribution in [-0.4, -0.2) is 48.3 Å². The highest BCUT2D eigenvalue weighted by Crippen LogP contribution is 2.35. The van der Waals surface area contributed by atoms with E-state index >= 15 is 0 Å². The molecule has 1 saturated heterocycles. The number of nitrogens with one attached hydrogen (secondary N) is 1. The molecule has 1 aliphatic heterocycles. The molecular formula is C17H27ClN2O. The molecule has 1 atom stereocenters. The smallest absolute Gasteiger partial charge is 0.0723 e. The molecule has 0 aliphatic carbocycles. The minimum absolute atomic E-state index is 0.101. The standard InChI is InChI=1S/C17H27ClN2O/c1-3-17(21,4-2)16(13-20-10-8-19-9-11-20)14-6-5-7-15(18)12-14/h5-7,12,16,19,21H,3-4,8-11,13H2,1-2H3/t16-/m0/s1. The van der Waals surface area contributed by atoms with Crippen LogP contribution in [0.3, 0.4) is 0 Å². The molecule has 1 fully saturated rings. The van der Waals surface area contributed by atoms with Gasteiger partial charge in [-0.25, -0.2) is 0 Å². The molecule has 0 bridgehead atoms. The topological polar surface area (TPSA) is 35.5 Å². The van der Waals surface area contributed by atoms with E-state index in [0.717, 1.165) is 56.2 Å². The Morgan fingerprint density at radius 1 is 1.29 bits per heavy atom. The Balaban J connectivity index is 2.25. The van der Waals surface area contributed by atoms with Crippen LogP contribution in [0.2, 0.25) is 5.02 Å². The van der Waals surface area contributed by atoms with Gasteiger partial charge in [-0.2, -0.15) is 0 Å². The van der Waals surface area contributed by atoms with E-state index in [4.69, 9.17) is 11.6 Å². The van der Waals surface area contributed by atoms with Crippen molar-refractivity contribution >= 4 is 11.6 Å². The van der Waals surface area contributed by atoms with Gasteiger partial charge in [0.15, 0.2) is 0 Å². The Hall–Kier alpha value is -0.610. The lowest BCUT2D eigenvalue weighted by atomic mass is 9.78. The average Bonchev–Trinajstić information content (AvgIpc) is 2.53. The number of hydrogen-bond donors (Lipinski definition) is 2. The summed E-state index contributed by atoms with van der Waals surface area (Å²) in [7, 11) is 0. The van der Waals surface area contributed by atoms with Gasteiger partial charge in [0.25, 0.3) is 0 Å². The van der Waals surface area contributed by atoms with E-state index in [9.17, 15) is 5.11 Å². The fourth-order valence-corrected chi connectivity index (χ4v) is 3.40. The largest absolute Gasteiger partial charge is 0.389 e. The van der Waals surface area contributed by atoms with Crippen LogP contribution >= 0.6 is 11.6 Å². The van der Waals surface area contributed by atoms with Crippen molar-refractivity contribution in [2.75, 3.05) is 32.7 Å². The van der Waals surface area contributed by atoms with E-state index in [0.29, 0.717) is 0 Å². The van der Waals surface area contributed by atoms with Crippen molar-refractivity contribution in [3.8, 4) is 0 Å². The third-order valence-corrected chi connectivity index (χ3v) is 5.01. The number of rotatable bonds is 6. The SMILES string of the molecule is CCC(O)(CC)[C@@H](CN1CCNCC1)c1cccc(Cl)c1. The van der Waals surface area contributed by atoms with Gasteiger partial charge < -0.3 is 15.3 Å². The molecule has 0 radical (unpaired) electrons. The van der Waals surface area contributed by atoms with Gasteiger partial charge in [-0.1, -0.05) is 37.6 Å². The number of nitrogens with zero attached hydrogens (tertiary/aromatic N) is 1. The Bertz CT molecular complexity index is 442. The van der Waals surface area contributed by atoms with E-state index in [1.807, 2.05) is 18.2 Å². The summed E-state index contributed by atoms with van der Waals surface area (Å²) < 4.78 is 0. The minimum Gasteiger partial charge on any atom is -0.389 e. The number of hydrogen-bond acceptors (Lipinski definition) is 3. The van der Waals surface area contributed by atoms with Crippen LogP contribution in [0.5, 0.6) is 0 Å². The lowest BCUT2D eigenvalue weighted by Gasteiger charge is -2.39. The van der Waals surface area contributed by atoms with Crippen molar-refractivity contribution in [2.24, 2.45) is 0 Å². The van der Waals surface area contributed by atoms with Crippen LogP contribution in [-0.2, 0) is 0 Å². The molecular weight excluding hydrogens is 284 g/mol. The molecule has 3 nitrogen and oxygen atoms in total. The summed E-state index contributed by atoms with van der Waals surface area (Å²) in [5.74, 6) is 0.101. The molecule has 0 unspecified atom stereocenters. The summed E-state index contributed by atoms with van der Waals surface area (Å²) in [6.45, 7) is 9.16. The first-order valence-corrected chi connectivity index (χ1v) is 8.37. The Labute approximate surface area is 133 Å². The zero-order chi connectivity index (χ0) is 15.3. The predicted molar refractivity (Wildman–Crippen MR) is 89.0 cm³/mol. The van der Waals surface area contributed by atoms with Gasteiger partial charge >= 0.3 is 0 Å². The van der Waals surface area contributed by atoms with Crippen molar-refractivity contribution < 1.29 is 5.11 Å². The summed E-state index contributed by atoms with van der Waals surface area (Å²) in [5, 5.41) is 15.2. The van der Waals surface area contributed by atoms with Crippen molar-refractivity contribution in [2.45, 2.75) is 38.2 Å². The van der Waals surface area contributed by atoms with Gasteiger partial charge in [-0.05, 0) is 30.5 Å². The van der Waals surface area contributed by atoms with E-state index < -0.39 is 5.60 Å². The predicted octanol–water partition coefficient (Wildman–Crippen LogP) is 2.88. The second-order valence-corrected chi connectivity index (χ2v) is 6.41. The summed E-state index contributed by atoms with van der Waals surface area (Å²) in [6.07, 6.45) is 1.51. The van der Waals surface area contributed by atoms with Crippen LogP contribution in [0.25, 0.3) is 0 Å². The molecule has 4 heteroatoms.